The highest BCUT2D eigenvalue weighted by Gasteiger charge is 2.25. The first-order chi connectivity index (χ1) is 13.1. The van der Waals surface area contributed by atoms with Crippen molar-refractivity contribution < 1.29 is 14.3 Å². The molecule has 1 unspecified atom stereocenters. The van der Waals surface area contributed by atoms with Crippen molar-refractivity contribution in [2.24, 2.45) is 0 Å². The number of nitrogens with one attached hydrogen (secondary N) is 1. The number of amides is 1. The standard InChI is InChI=1S/C20H17BrN2O3S/c1-26-20(25)18(14-7-9-15(21)10-8-14)23-19(24)16-12-27-17(22-16)11-13-5-3-2-4-6-13/h2-10,12,18H,11H2,1H3,(H,23,24). The summed E-state index contributed by atoms with van der Waals surface area (Å²) in [5.41, 5.74) is 2.05. The molecule has 1 atom stereocenters. The lowest BCUT2D eigenvalue weighted by Crippen LogP contribution is -2.34. The average Bonchev–Trinajstić information content (AvgIpc) is 3.15. The third-order valence-corrected chi connectivity index (χ3v) is 5.28. The van der Waals surface area contributed by atoms with Gasteiger partial charge in [-0.25, -0.2) is 9.78 Å². The molecule has 0 bridgehead atoms. The fourth-order valence-corrected chi connectivity index (χ4v) is 3.60. The number of carbonyl (C=O) groups is 2. The quantitative estimate of drug-likeness (QED) is 0.580. The van der Waals surface area contributed by atoms with Gasteiger partial charge in [-0.1, -0.05) is 58.4 Å². The molecule has 5 nitrogen and oxygen atoms in total. The van der Waals surface area contributed by atoms with Crippen LogP contribution in [0.15, 0.2) is 64.5 Å². The Kier molecular flexibility index (Phi) is 6.36. The largest absolute Gasteiger partial charge is 0.467 e. The third-order valence-electron chi connectivity index (χ3n) is 3.90. The van der Waals surface area contributed by atoms with E-state index in [0.717, 1.165) is 15.0 Å². The van der Waals surface area contributed by atoms with E-state index in [9.17, 15) is 9.59 Å². The number of hydrogen-bond acceptors (Lipinski definition) is 5. The van der Waals surface area contributed by atoms with Crippen molar-refractivity contribution in [3.05, 3.63) is 86.3 Å². The van der Waals surface area contributed by atoms with E-state index in [1.165, 1.54) is 18.4 Å². The van der Waals surface area contributed by atoms with Gasteiger partial charge >= 0.3 is 5.97 Å². The second-order valence-electron chi connectivity index (χ2n) is 5.77. The molecule has 0 radical (unpaired) electrons. The van der Waals surface area contributed by atoms with E-state index in [-0.39, 0.29) is 5.69 Å². The van der Waals surface area contributed by atoms with Crippen molar-refractivity contribution in [3.63, 3.8) is 0 Å². The van der Waals surface area contributed by atoms with E-state index in [0.29, 0.717) is 12.0 Å². The van der Waals surface area contributed by atoms with Crippen LogP contribution in [0.25, 0.3) is 0 Å². The Morgan fingerprint density at radius 3 is 2.52 bits per heavy atom. The summed E-state index contributed by atoms with van der Waals surface area (Å²) in [5, 5.41) is 5.25. The maximum absolute atomic E-state index is 12.6. The van der Waals surface area contributed by atoms with Crippen LogP contribution in [-0.4, -0.2) is 24.0 Å². The molecule has 1 amide bonds. The molecule has 3 rings (SSSR count). The van der Waals surface area contributed by atoms with Gasteiger partial charge in [-0.15, -0.1) is 11.3 Å². The number of ether oxygens (including phenoxy) is 1. The molecule has 0 fully saturated rings. The monoisotopic (exact) mass is 444 g/mol. The number of carbonyl (C=O) groups excluding carboxylic acids is 2. The van der Waals surface area contributed by atoms with Crippen LogP contribution in [0.2, 0.25) is 0 Å². The summed E-state index contributed by atoms with van der Waals surface area (Å²) in [5.74, 6) is -0.950. The number of aromatic nitrogens is 1. The van der Waals surface area contributed by atoms with Crippen LogP contribution in [0.1, 0.15) is 32.7 Å². The van der Waals surface area contributed by atoms with Gasteiger partial charge in [0.25, 0.3) is 5.91 Å². The normalized spacial score (nSPS) is 11.6. The van der Waals surface area contributed by atoms with Crippen molar-refractivity contribution in [1.29, 1.82) is 0 Å². The van der Waals surface area contributed by atoms with Crippen LogP contribution in [0, 0.1) is 0 Å². The van der Waals surface area contributed by atoms with Crippen LogP contribution in [0.4, 0.5) is 0 Å². The Morgan fingerprint density at radius 1 is 1.15 bits per heavy atom. The molecule has 1 N–H and O–H groups in total. The van der Waals surface area contributed by atoms with E-state index in [2.05, 4.69) is 26.2 Å². The molecule has 0 saturated heterocycles. The van der Waals surface area contributed by atoms with Gasteiger partial charge in [0.1, 0.15) is 5.69 Å². The van der Waals surface area contributed by atoms with Gasteiger partial charge in [-0.05, 0) is 23.3 Å². The average molecular weight is 445 g/mol. The lowest BCUT2D eigenvalue weighted by atomic mass is 10.1. The van der Waals surface area contributed by atoms with Gasteiger partial charge in [-0.3, -0.25) is 4.79 Å². The minimum Gasteiger partial charge on any atom is -0.467 e. The van der Waals surface area contributed by atoms with Crippen molar-refractivity contribution in [2.45, 2.75) is 12.5 Å². The van der Waals surface area contributed by atoms with Crippen LogP contribution in [-0.2, 0) is 16.0 Å². The first-order valence-electron chi connectivity index (χ1n) is 8.19. The lowest BCUT2D eigenvalue weighted by molar-refractivity contribution is -0.143. The molecule has 1 heterocycles. The number of benzene rings is 2. The SMILES string of the molecule is COC(=O)C(NC(=O)c1csc(Cc2ccccc2)n1)c1ccc(Br)cc1. The van der Waals surface area contributed by atoms with Gasteiger partial charge in [0.15, 0.2) is 6.04 Å². The second kappa shape index (κ2) is 8.92. The van der Waals surface area contributed by atoms with E-state index < -0.39 is 17.9 Å². The van der Waals surface area contributed by atoms with Crippen molar-refractivity contribution in [3.8, 4) is 0 Å². The summed E-state index contributed by atoms with van der Waals surface area (Å²) < 4.78 is 5.72. The number of esters is 1. The number of hydrogen-bond donors (Lipinski definition) is 1. The summed E-state index contributed by atoms with van der Waals surface area (Å²) in [6.07, 6.45) is 0.659. The first-order valence-corrected chi connectivity index (χ1v) is 9.86. The molecule has 0 saturated carbocycles. The summed E-state index contributed by atoms with van der Waals surface area (Å²) in [6, 6.07) is 16.2. The Balaban J connectivity index is 1.74. The van der Waals surface area contributed by atoms with E-state index in [4.69, 9.17) is 4.74 Å². The topological polar surface area (TPSA) is 68.3 Å². The third kappa shape index (κ3) is 5.02. The smallest absolute Gasteiger partial charge is 0.333 e. The van der Waals surface area contributed by atoms with Gasteiger partial charge in [0, 0.05) is 16.3 Å². The summed E-state index contributed by atoms with van der Waals surface area (Å²) >= 11 is 4.77. The zero-order chi connectivity index (χ0) is 19.2. The summed E-state index contributed by atoms with van der Waals surface area (Å²) in [7, 11) is 1.29. The Hall–Kier alpha value is -2.51. The zero-order valence-electron chi connectivity index (χ0n) is 14.5. The van der Waals surface area contributed by atoms with Crippen molar-refractivity contribution in [1.82, 2.24) is 10.3 Å². The van der Waals surface area contributed by atoms with Crippen LogP contribution in [0.5, 0.6) is 0 Å². The van der Waals surface area contributed by atoms with E-state index in [1.54, 1.807) is 29.6 Å². The highest BCUT2D eigenvalue weighted by molar-refractivity contribution is 9.10. The van der Waals surface area contributed by atoms with Gasteiger partial charge in [-0.2, -0.15) is 0 Å². The summed E-state index contributed by atoms with van der Waals surface area (Å²) in [4.78, 5) is 29.1. The Bertz CT molecular complexity index is 926. The van der Waals surface area contributed by atoms with Crippen LogP contribution in [0.3, 0.4) is 0 Å². The Morgan fingerprint density at radius 2 is 1.85 bits per heavy atom. The zero-order valence-corrected chi connectivity index (χ0v) is 16.9. The number of halogens is 1. The predicted molar refractivity (Wildman–Crippen MR) is 108 cm³/mol. The number of thiazole rings is 1. The number of rotatable bonds is 6. The van der Waals surface area contributed by atoms with Crippen molar-refractivity contribution in [2.75, 3.05) is 7.11 Å². The molecule has 7 heteroatoms. The van der Waals surface area contributed by atoms with Gasteiger partial charge in [0.05, 0.1) is 12.1 Å². The van der Waals surface area contributed by atoms with Gasteiger partial charge < -0.3 is 10.1 Å². The highest BCUT2D eigenvalue weighted by Crippen LogP contribution is 2.20. The molecular weight excluding hydrogens is 428 g/mol. The molecule has 0 aliphatic carbocycles. The lowest BCUT2D eigenvalue weighted by Gasteiger charge is -2.16. The van der Waals surface area contributed by atoms with E-state index in [1.807, 2.05) is 30.3 Å². The van der Waals surface area contributed by atoms with Crippen LogP contribution < -0.4 is 5.32 Å². The number of methoxy groups -OCH3 is 1. The van der Waals surface area contributed by atoms with Crippen LogP contribution >= 0.6 is 27.3 Å². The van der Waals surface area contributed by atoms with Gasteiger partial charge in [0.2, 0.25) is 0 Å². The van der Waals surface area contributed by atoms with E-state index >= 15 is 0 Å². The highest BCUT2D eigenvalue weighted by atomic mass is 79.9. The molecule has 1 aromatic heterocycles. The molecular formula is C20H17BrN2O3S. The first kappa shape index (κ1) is 19.3. The molecule has 138 valence electrons. The fraction of sp³-hybridized carbons (Fsp3) is 0.150. The molecule has 27 heavy (non-hydrogen) atoms. The fourth-order valence-electron chi connectivity index (χ4n) is 2.52. The molecule has 0 aliphatic heterocycles. The maximum atomic E-state index is 12.6. The molecule has 2 aromatic carbocycles. The molecule has 3 aromatic rings. The number of nitrogens with zero attached hydrogens (tertiary/aromatic N) is 1. The minimum absolute atomic E-state index is 0.289. The molecule has 0 spiro atoms. The summed E-state index contributed by atoms with van der Waals surface area (Å²) in [6.45, 7) is 0. The Labute approximate surface area is 169 Å². The van der Waals surface area contributed by atoms with Crippen molar-refractivity contribution >= 4 is 39.1 Å². The predicted octanol–water partition coefficient (Wildman–Crippen LogP) is 4.14. The molecule has 0 aliphatic rings. The second-order valence-corrected chi connectivity index (χ2v) is 7.63. The minimum atomic E-state index is -0.894. The maximum Gasteiger partial charge on any atom is 0.333 e.